The molecule has 0 amide bonds. The van der Waals surface area contributed by atoms with Crippen molar-refractivity contribution in [2.24, 2.45) is 0 Å². The van der Waals surface area contributed by atoms with Gasteiger partial charge in [-0.05, 0) is 25.1 Å². The fourth-order valence-electron chi connectivity index (χ4n) is 1.53. The highest BCUT2D eigenvalue weighted by atomic mass is 16.5. The summed E-state index contributed by atoms with van der Waals surface area (Å²) in [5.74, 6) is -0.262. The quantitative estimate of drug-likeness (QED) is 0.763. The Hall–Kier alpha value is -1.77. The number of benzene rings is 1. The number of esters is 1. The standard InChI is InChI=1S/C12H13NO2/c1-9(11-7-8-12(14)15-11)13-10-5-3-2-4-6-10/h2-9,11,13H,1H3/t9-,11+/m1/s1. The highest BCUT2D eigenvalue weighted by Crippen LogP contribution is 2.14. The van der Waals surface area contributed by atoms with Gasteiger partial charge in [-0.3, -0.25) is 0 Å². The fraction of sp³-hybridized carbons (Fsp3) is 0.250. The highest BCUT2D eigenvalue weighted by molar-refractivity contribution is 5.84. The van der Waals surface area contributed by atoms with Crippen LogP contribution in [0.2, 0.25) is 0 Å². The Morgan fingerprint density at radius 3 is 2.67 bits per heavy atom. The predicted molar refractivity (Wildman–Crippen MR) is 58.5 cm³/mol. The number of anilines is 1. The molecule has 0 bridgehead atoms. The molecule has 0 unspecified atom stereocenters. The Labute approximate surface area is 88.8 Å². The number of ether oxygens (including phenoxy) is 1. The van der Waals surface area contributed by atoms with Gasteiger partial charge in [-0.15, -0.1) is 0 Å². The topological polar surface area (TPSA) is 38.3 Å². The summed E-state index contributed by atoms with van der Waals surface area (Å²) in [4.78, 5) is 10.9. The molecule has 1 N–H and O–H groups in total. The predicted octanol–water partition coefficient (Wildman–Crippen LogP) is 1.97. The van der Waals surface area contributed by atoms with Gasteiger partial charge in [0.1, 0.15) is 6.10 Å². The second kappa shape index (κ2) is 4.17. The van der Waals surface area contributed by atoms with Crippen LogP contribution in [0.1, 0.15) is 6.92 Å². The average Bonchev–Trinajstić information content (AvgIpc) is 2.66. The zero-order chi connectivity index (χ0) is 10.7. The zero-order valence-corrected chi connectivity index (χ0v) is 8.51. The third kappa shape index (κ3) is 2.37. The van der Waals surface area contributed by atoms with Crippen molar-refractivity contribution < 1.29 is 9.53 Å². The first-order chi connectivity index (χ1) is 7.25. The van der Waals surface area contributed by atoms with E-state index in [0.717, 1.165) is 5.69 Å². The van der Waals surface area contributed by atoms with E-state index in [-0.39, 0.29) is 18.1 Å². The van der Waals surface area contributed by atoms with Gasteiger partial charge < -0.3 is 10.1 Å². The lowest BCUT2D eigenvalue weighted by atomic mass is 10.2. The van der Waals surface area contributed by atoms with E-state index in [1.165, 1.54) is 6.08 Å². The maximum Gasteiger partial charge on any atom is 0.331 e. The van der Waals surface area contributed by atoms with Crippen LogP contribution in [-0.4, -0.2) is 18.1 Å². The van der Waals surface area contributed by atoms with Crippen LogP contribution < -0.4 is 5.32 Å². The third-order valence-electron chi connectivity index (χ3n) is 2.34. The summed E-state index contributed by atoms with van der Waals surface area (Å²) in [6.07, 6.45) is 3.08. The molecule has 1 aromatic rings. The van der Waals surface area contributed by atoms with Crippen molar-refractivity contribution in [1.29, 1.82) is 0 Å². The number of para-hydroxylation sites is 1. The van der Waals surface area contributed by atoms with Crippen molar-refractivity contribution in [2.75, 3.05) is 5.32 Å². The van der Waals surface area contributed by atoms with E-state index in [9.17, 15) is 4.79 Å². The summed E-state index contributed by atoms with van der Waals surface area (Å²) >= 11 is 0. The van der Waals surface area contributed by atoms with Crippen molar-refractivity contribution in [2.45, 2.75) is 19.1 Å². The van der Waals surface area contributed by atoms with Gasteiger partial charge in [0, 0.05) is 11.8 Å². The van der Waals surface area contributed by atoms with E-state index in [0.29, 0.717) is 0 Å². The Morgan fingerprint density at radius 1 is 1.33 bits per heavy atom. The normalized spacial score (nSPS) is 21.1. The minimum Gasteiger partial charge on any atom is -0.453 e. The third-order valence-corrected chi connectivity index (χ3v) is 2.34. The largest absolute Gasteiger partial charge is 0.453 e. The molecule has 1 aliphatic heterocycles. The first kappa shape index (κ1) is 9.77. The van der Waals surface area contributed by atoms with Crippen LogP contribution in [-0.2, 0) is 9.53 Å². The summed E-state index contributed by atoms with van der Waals surface area (Å²) in [7, 11) is 0. The molecular weight excluding hydrogens is 190 g/mol. The second-order valence-electron chi connectivity index (χ2n) is 3.56. The van der Waals surface area contributed by atoms with Crippen molar-refractivity contribution in [3.8, 4) is 0 Å². The molecule has 2 rings (SSSR count). The molecule has 1 aliphatic rings. The van der Waals surface area contributed by atoms with Gasteiger partial charge >= 0.3 is 5.97 Å². The van der Waals surface area contributed by atoms with Crippen molar-refractivity contribution >= 4 is 11.7 Å². The van der Waals surface area contributed by atoms with Crippen LogP contribution in [0.4, 0.5) is 5.69 Å². The number of hydrogen-bond acceptors (Lipinski definition) is 3. The molecule has 0 spiro atoms. The molecule has 1 heterocycles. The smallest absolute Gasteiger partial charge is 0.331 e. The number of nitrogens with one attached hydrogen (secondary N) is 1. The zero-order valence-electron chi connectivity index (χ0n) is 8.51. The van der Waals surface area contributed by atoms with E-state index < -0.39 is 0 Å². The van der Waals surface area contributed by atoms with E-state index in [1.807, 2.05) is 37.3 Å². The molecule has 78 valence electrons. The van der Waals surface area contributed by atoms with E-state index >= 15 is 0 Å². The Kier molecular flexibility index (Phi) is 2.72. The van der Waals surface area contributed by atoms with Crippen LogP contribution in [0.5, 0.6) is 0 Å². The van der Waals surface area contributed by atoms with E-state index in [2.05, 4.69) is 5.32 Å². The molecule has 0 fully saturated rings. The van der Waals surface area contributed by atoms with E-state index in [4.69, 9.17) is 4.74 Å². The average molecular weight is 203 g/mol. The van der Waals surface area contributed by atoms with Gasteiger partial charge in [0.2, 0.25) is 0 Å². The minimum atomic E-state index is -0.262. The summed E-state index contributed by atoms with van der Waals surface area (Å²) < 4.78 is 5.08. The van der Waals surface area contributed by atoms with Gasteiger partial charge in [0.15, 0.2) is 0 Å². The molecule has 0 aliphatic carbocycles. The minimum absolute atomic E-state index is 0.0788. The highest BCUT2D eigenvalue weighted by Gasteiger charge is 2.22. The van der Waals surface area contributed by atoms with Gasteiger partial charge in [0.25, 0.3) is 0 Å². The lowest BCUT2D eigenvalue weighted by Gasteiger charge is -2.19. The molecule has 15 heavy (non-hydrogen) atoms. The molecule has 0 aromatic heterocycles. The molecule has 1 aromatic carbocycles. The van der Waals surface area contributed by atoms with Crippen LogP contribution >= 0.6 is 0 Å². The van der Waals surface area contributed by atoms with Crippen molar-refractivity contribution in [1.82, 2.24) is 0 Å². The molecule has 2 atom stereocenters. The summed E-state index contributed by atoms with van der Waals surface area (Å²) in [6, 6.07) is 9.94. The number of carbonyl (C=O) groups is 1. The summed E-state index contributed by atoms with van der Waals surface area (Å²) in [6.45, 7) is 1.99. The number of cyclic esters (lactones) is 1. The maximum absolute atomic E-state index is 10.9. The SMILES string of the molecule is C[C@@H](Nc1ccccc1)[C@@H]1C=CC(=O)O1. The van der Waals surface area contributed by atoms with Crippen LogP contribution in [0.3, 0.4) is 0 Å². The van der Waals surface area contributed by atoms with Gasteiger partial charge in [-0.25, -0.2) is 4.79 Å². The summed E-state index contributed by atoms with van der Waals surface area (Å²) in [5, 5.41) is 3.28. The number of rotatable bonds is 3. The number of hydrogen-bond donors (Lipinski definition) is 1. The maximum atomic E-state index is 10.9. The molecule has 3 nitrogen and oxygen atoms in total. The summed E-state index contributed by atoms with van der Waals surface area (Å²) in [5.41, 5.74) is 1.03. The first-order valence-electron chi connectivity index (χ1n) is 4.96. The van der Waals surface area contributed by atoms with Crippen LogP contribution in [0.15, 0.2) is 42.5 Å². The van der Waals surface area contributed by atoms with Crippen LogP contribution in [0, 0.1) is 0 Å². The molecule has 0 radical (unpaired) electrons. The second-order valence-corrected chi connectivity index (χ2v) is 3.56. The first-order valence-corrected chi connectivity index (χ1v) is 4.96. The number of carbonyl (C=O) groups excluding carboxylic acids is 1. The molecular formula is C12H13NO2. The van der Waals surface area contributed by atoms with Gasteiger partial charge in [-0.1, -0.05) is 18.2 Å². The Morgan fingerprint density at radius 2 is 2.07 bits per heavy atom. The Bertz CT molecular complexity index is 372. The Balaban J connectivity index is 1.96. The molecule has 3 heteroatoms. The molecule has 0 saturated heterocycles. The lowest BCUT2D eigenvalue weighted by Crippen LogP contribution is -2.30. The van der Waals surface area contributed by atoms with Gasteiger partial charge in [-0.2, -0.15) is 0 Å². The lowest BCUT2D eigenvalue weighted by molar-refractivity contribution is -0.138. The fourth-order valence-corrected chi connectivity index (χ4v) is 1.53. The van der Waals surface area contributed by atoms with Crippen LogP contribution in [0.25, 0.3) is 0 Å². The van der Waals surface area contributed by atoms with E-state index in [1.54, 1.807) is 6.08 Å². The van der Waals surface area contributed by atoms with Gasteiger partial charge in [0.05, 0.1) is 6.04 Å². The van der Waals surface area contributed by atoms with Crippen molar-refractivity contribution in [3.63, 3.8) is 0 Å². The molecule has 0 saturated carbocycles. The monoisotopic (exact) mass is 203 g/mol. The van der Waals surface area contributed by atoms with Crippen molar-refractivity contribution in [3.05, 3.63) is 42.5 Å².